The lowest BCUT2D eigenvalue weighted by molar-refractivity contribution is -0.482. The van der Waals surface area contributed by atoms with Crippen molar-refractivity contribution in [3.05, 3.63) is 12.8 Å². The average Bonchev–Trinajstić information content (AvgIpc) is 1.69. The molecule has 0 radical (unpaired) electrons. The molecule has 0 aliphatic carbocycles. The number of hydrogen-bond donors (Lipinski definition) is 0. The van der Waals surface area contributed by atoms with Crippen molar-refractivity contribution < 1.29 is 14.8 Å². The Morgan fingerprint density at radius 2 is 2.43 bits per heavy atom. The summed E-state index contributed by atoms with van der Waals surface area (Å²) in [6, 6.07) is 0. The maximum absolute atomic E-state index is 4.34. The first-order valence-electron chi connectivity index (χ1n) is 1.97. The van der Waals surface area contributed by atoms with Crippen LogP contribution in [0.1, 0.15) is 0 Å². The van der Waals surface area contributed by atoms with E-state index in [0.717, 1.165) is 16.5 Å². The quantitative estimate of drug-likeness (QED) is 0.162. The third kappa shape index (κ3) is 5.68. The van der Waals surface area contributed by atoms with Gasteiger partial charge in [-0.2, -0.15) is 0 Å². The second kappa shape index (κ2) is 5.68. The standard InChI is InChI=1S/C3H8O3Si/c1-2-4-6-5-3-7/h2H,1,3H2,7H3. The highest BCUT2D eigenvalue weighted by Crippen LogP contribution is 1.76. The van der Waals surface area contributed by atoms with E-state index >= 15 is 0 Å². The molecule has 3 nitrogen and oxygen atoms in total. The predicted molar refractivity (Wildman–Crippen MR) is 28.3 cm³/mol. The summed E-state index contributed by atoms with van der Waals surface area (Å²) in [4.78, 5) is 8.48. The molecule has 0 aromatic rings. The lowest BCUT2D eigenvalue weighted by Gasteiger charge is -1.92. The normalized spacial score (nSPS) is 8.57. The van der Waals surface area contributed by atoms with Gasteiger partial charge in [0, 0.05) is 10.2 Å². The minimum atomic E-state index is 0.605. The highest BCUT2D eigenvalue weighted by atomic mass is 28.1. The summed E-state index contributed by atoms with van der Waals surface area (Å²) in [7, 11) is 0.944. The van der Waals surface area contributed by atoms with E-state index in [2.05, 4.69) is 21.4 Å². The minimum absolute atomic E-state index is 0.605. The molecule has 0 aliphatic heterocycles. The summed E-state index contributed by atoms with van der Waals surface area (Å²) in [5.41, 5.74) is 0. The maximum Gasteiger partial charge on any atom is 0.125 e. The molecular formula is C3H8O3Si. The van der Waals surface area contributed by atoms with Crippen LogP contribution in [0.15, 0.2) is 12.8 Å². The number of rotatable bonds is 4. The Morgan fingerprint density at radius 1 is 1.71 bits per heavy atom. The largest absolute Gasteiger partial charge is 0.317 e. The van der Waals surface area contributed by atoms with E-state index < -0.39 is 0 Å². The van der Waals surface area contributed by atoms with Crippen molar-refractivity contribution in [1.82, 2.24) is 0 Å². The van der Waals surface area contributed by atoms with Gasteiger partial charge in [0.1, 0.15) is 6.26 Å². The fourth-order valence-corrected chi connectivity index (χ4v) is 0.200. The Balaban J connectivity index is 2.56. The van der Waals surface area contributed by atoms with Crippen LogP contribution >= 0.6 is 0 Å². The Morgan fingerprint density at radius 3 is 2.86 bits per heavy atom. The molecule has 0 spiro atoms. The van der Waals surface area contributed by atoms with Gasteiger partial charge in [-0.25, -0.2) is 4.89 Å². The Hall–Kier alpha value is -0.323. The van der Waals surface area contributed by atoms with Gasteiger partial charge in [0.2, 0.25) is 0 Å². The van der Waals surface area contributed by atoms with Gasteiger partial charge in [0.15, 0.2) is 0 Å². The predicted octanol–water partition coefficient (Wildman–Crippen LogP) is -0.667. The monoisotopic (exact) mass is 120 g/mol. The molecule has 0 aromatic heterocycles. The van der Waals surface area contributed by atoms with Crippen molar-refractivity contribution >= 4 is 10.2 Å². The van der Waals surface area contributed by atoms with Crippen LogP contribution in [0.5, 0.6) is 0 Å². The SMILES string of the molecule is C=COOOC[SiH3]. The fourth-order valence-electron chi connectivity index (χ4n) is 0.104. The van der Waals surface area contributed by atoms with E-state index in [4.69, 9.17) is 0 Å². The highest BCUT2D eigenvalue weighted by molar-refractivity contribution is 6.08. The molecule has 7 heavy (non-hydrogen) atoms. The van der Waals surface area contributed by atoms with E-state index in [-0.39, 0.29) is 0 Å². The summed E-state index contributed by atoms with van der Waals surface area (Å²) < 4.78 is 0. The molecule has 0 bridgehead atoms. The molecule has 0 heterocycles. The van der Waals surface area contributed by atoms with Crippen molar-refractivity contribution in [2.24, 2.45) is 0 Å². The molecule has 0 aromatic carbocycles. The minimum Gasteiger partial charge on any atom is -0.317 e. The van der Waals surface area contributed by atoms with Gasteiger partial charge in [-0.1, -0.05) is 6.58 Å². The molecule has 0 saturated heterocycles. The Bertz CT molecular complexity index is 47.4. The van der Waals surface area contributed by atoms with Crippen LogP contribution < -0.4 is 0 Å². The van der Waals surface area contributed by atoms with Crippen molar-refractivity contribution in [1.29, 1.82) is 0 Å². The molecule has 0 amide bonds. The zero-order chi connectivity index (χ0) is 5.54. The molecule has 0 unspecified atom stereocenters. The van der Waals surface area contributed by atoms with Crippen LogP contribution in [0.2, 0.25) is 0 Å². The third-order valence-corrected chi connectivity index (χ3v) is 0.509. The molecule has 0 fully saturated rings. The molecule has 4 heteroatoms. The topological polar surface area (TPSA) is 27.7 Å². The van der Waals surface area contributed by atoms with Crippen LogP contribution in [0, 0.1) is 0 Å². The summed E-state index contributed by atoms with van der Waals surface area (Å²) in [6.07, 6.45) is 1.76. The van der Waals surface area contributed by atoms with Gasteiger partial charge < -0.3 is 4.89 Å². The van der Waals surface area contributed by atoms with Crippen molar-refractivity contribution in [3.8, 4) is 0 Å². The lowest BCUT2D eigenvalue weighted by atomic mass is 11.2. The molecule has 42 valence electrons. The van der Waals surface area contributed by atoms with E-state index in [9.17, 15) is 0 Å². The van der Waals surface area contributed by atoms with E-state index in [1.807, 2.05) is 0 Å². The zero-order valence-corrected chi connectivity index (χ0v) is 6.22. The first-order chi connectivity index (χ1) is 3.41. The van der Waals surface area contributed by atoms with E-state index in [1.165, 1.54) is 0 Å². The second-order valence-electron chi connectivity index (χ2n) is 0.737. The first-order valence-corrected chi connectivity index (χ1v) is 3.39. The van der Waals surface area contributed by atoms with E-state index in [0.29, 0.717) is 6.23 Å². The highest BCUT2D eigenvalue weighted by Gasteiger charge is 1.74. The lowest BCUT2D eigenvalue weighted by Crippen LogP contribution is -1.92. The van der Waals surface area contributed by atoms with Gasteiger partial charge in [-0.15, -0.1) is 0 Å². The summed E-state index contributed by atoms with van der Waals surface area (Å²) in [6.45, 7) is 3.22. The molecule has 0 atom stereocenters. The third-order valence-electron chi connectivity index (χ3n) is 0.273. The van der Waals surface area contributed by atoms with Crippen LogP contribution in [-0.2, 0) is 14.8 Å². The van der Waals surface area contributed by atoms with E-state index in [1.54, 1.807) is 0 Å². The average molecular weight is 120 g/mol. The molecule has 0 aliphatic rings. The van der Waals surface area contributed by atoms with Gasteiger partial charge in [0.25, 0.3) is 0 Å². The first kappa shape index (κ1) is 6.68. The van der Waals surface area contributed by atoms with Gasteiger partial charge >= 0.3 is 0 Å². The summed E-state index contributed by atoms with van der Waals surface area (Å²) >= 11 is 0. The van der Waals surface area contributed by atoms with Crippen LogP contribution in [-0.4, -0.2) is 16.5 Å². The van der Waals surface area contributed by atoms with Crippen molar-refractivity contribution in [3.63, 3.8) is 0 Å². The Labute approximate surface area is 45.1 Å². The van der Waals surface area contributed by atoms with Crippen molar-refractivity contribution in [2.75, 3.05) is 6.23 Å². The van der Waals surface area contributed by atoms with Crippen molar-refractivity contribution in [2.45, 2.75) is 0 Å². The fraction of sp³-hybridized carbons (Fsp3) is 0.333. The summed E-state index contributed by atoms with van der Waals surface area (Å²) in [5.74, 6) is 0. The van der Waals surface area contributed by atoms with Crippen LogP contribution in [0.25, 0.3) is 0 Å². The molecular weight excluding hydrogens is 112 g/mol. The smallest absolute Gasteiger partial charge is 0.125 e. The zero-order valence-electron chi connectivity index (χ0n) is 4.22. The van der Waals surface area contributed by atoms with Gasteiger partial charge in [-0.3, -0.25) is 0 Å². The summed E-state index contributed by atoms with van der Waals surface area (Å²) in [5, 5.41) is 4.05. The molecule has 0 saturated carbocycles. The second-order valence-corrected chi connectivity index (χ2v) is 1.31. The molecule has 0 rings (SSSR count). The number of hydrogen-bond acceptors (Lipinski definition) is 3. The van der Waals surface area contributed by atoms with Gasteiger partial charge in [-0.05, 0) is 5.04 Å². The van der Waals surface area contributed by atoms with Gasteiger partial charge in [0.05, 0.1) is 6.23 Å². The molecule has 0 N–H and O–H groups in total. The maximum atomic E-state index is 4.34. The Kier molecular flexibility index (Phi) is 5.41. The van der Waals surface area contributed by atoms with Crippen LogP contribution in [0.4, 0.5) is 0 Å². The van der Waals surface area contributed by atoms with Crippen LogP contribution in [0.3, 0.4) is 0 Å².